The third-order valence-electron chi connectivity index (χ3n) is 2.83. The predicted octanol–water partition coefficient (Wildman–Crippen LogP) is 2.42. The molecule has 2 N–H and O–H groups in total. The lowest BCUT2D eigenvalue weighted by Gasteiger charge is -2.06. The molecule has 1 aromatic heterocycles. The number of hydrogen-bond acceptors (Lipinski definition) is 5. The summed E-state index contributed by atoms with van der Waals surface area (Å²) in [6.07, 6.45) is 1.24. The second kappa shape index (κ2) is 7.00. The number of rotatable bonds is 5. The van der Waals surface area contributed by atoms with Gasteiger partial charge in [0.2, 0.25) is 0 Å². The molecule has 0 unspecified atom stereocenters. The number of pyridine rings is 1. The van der Waals surface area contributed by atoms with Crippen LogP contribution in [-0.4, -0.2) is 23.3 Å². The number of hydrogen-bond donors (Lipinski definition) is 1. The number of Topliss-reactive ketones (excluding diaryl/α,β-unsaturated/α-hetero) is 1. The summed E-state index contributed by atoms with van der Waals surface area (Å²) in [6.45, 7) is -0.477. The molecule has 0 saturated carbocycles. The van der Waals surface area contributed by atoms with Gasteiger partial charge in [0.05, 0.1) is 0 Å². The molecule has 1 aromatic carbocycles. The van der Waals surface area contributed by atoms with Crippen molar-refractivity contribution >= 4 is 29.2 Å². The first kappa shape index (κ1) is 15.9. The number of nitrogens with zero attached hydrogens (tertiary/aromatic N) is 1. The average Bonchev–Trinajstić information content (AvgIpc) is 2.48. The summed E-state index contributed by atoms with van der Waals surface area (Å²) >= 11 is 5.63. The van der Waals surface area contributed by atoms with E-state index in [1.807, 2.05) is 0 Å². The van der Waals surface area contributed by atoms with Crippen molar-refractivity contribution in [3.05, 3.63) is 58.5 Å². The SMILES string of the molecule is Nc1ncccc1C(=O)OCC(=O)Cc1ccc(Cl)cc1F. The van der Waals surface area contributed by atoms with Gasteiger partial charge < -0.3 is 10.5 Å². The molecule has 2 rings (SSSR count). The number of nitrogens with two attached hydrogens (primary N) is 1. The van der Waals surface area contributed by atoms with Crippen LogP contribution in [-0.2, 0) is 16.0 Å². The lowest BCUT2D eigenvalue weighted by atomic mass is 10.1. The first-order chi connectivity index (χ1) is 10.5. The van der Waals surface area contributed by atoms with E-state index in [-0.39, 0.29) is 28.4 Å². The summed E-state index contributed by atoms with van der Waals surface area (Å²) in [6, 6.07) is 6.98. The third kappa shape index (κ3) is 4.02. The van der Waals surface area contributed by atoms with Crippen LogP contribution < -0.4 is 5.73 Å². The van der Waals surface area contributed by atoms with E-state index in [0.717, 1.165) is 6.07 Å². The van der Waals surface area contributed by atoms with Crippen LogP contribution in [0.25, 0.3) is 0 Å². The van der Waals surface area contributed by atoms with E-state index in [2.05, 4.69) is 4.98 Å². The molecule has 0 aliphatic rings. The molecule has 0 atom stereocenters. The monoisotopic (exact) mass is 322 g/mol. The average molecular weight is 323 g/mol. The van der Waals surface area contributed by atoms with Gasteiger partial charge in [-0.05, 0) is 29.8 Å². The number of halogens is 2. The number of benzene rings is 1. The zero-order chi connectivity index (χ0) is 16.1. The molecule has 5 nitrogen and oxygen atoms in total. The summed E-state index contributed by atoms with van der Waals surface area (Å²) in [5.41, 5.74) is 5.79. The smallest absolute Gasteiger partial charge is 0.342 e. The lowest BCUT2D eigenvalue weighted by molar-refractivity contribution is -0.121. The Morgan fingerprint density at radius 2 is 2.09 bits per heavy atom. The van der Waals surface area contributed by atoms with Gasteiger partial charge in [-0.25, -0.2) is 14.2 Å². The topological polar surface area (TPSA) is 82.3 Å². The minimum absolute atomic E-state index is 0.0173. The van der Waals surface area contributed by atoms with E-state index in [0.29, 0.717) is 0 Å². The number of carbonyl (C=O) groups is 2. The van der Waals surface area contributed by atoms with Gasteiger partial charge in [-0.15, -0.1) is 0 Å². The Morgan fingerprint density at radius 1 is 1.32 bits per heavy atom. The van der Waals surface area contributed by atoms with Crippen molar-refractivity contribution in [1.29, 1.82) is 0 Å². The summed E-state index contributed by atoms with van der Waals surface area (Å²) < 4.78 is 18.4. The first-order valence-corrected chi connectivity index (χ1v) is 6.68. The fourth-order valence-corrected chi connectivity index (χ4v) is 1.90. The van der Waals surface area contributed by atoms with E-state index in [9.17, 15) is 14.0 Å². The van der Waals surface area contributed by atoms with Crippen molar-refractivity contribution in [2.75, 3.05) is 12.3 Å². The molecular formula is C15H12ClFN2O3. The van der Waals surface area contributed by atoms with Crippen molar-refractivity contribution < 1.29 is 18.7 Å². The van der Waals surface area contributed by atoms with Gasteiger partial charge in [-0.3, -0.25) is 4.79 Å². The van der Waals surface area contributed by atoms with Crippen LogP contribution in [0.2, 0.25) is 5.02 Å². The largest absolute Gasteiger partial charge is 0.454 e. The Morgan fingerprint density at radius 3 is 2.77 bits per heavy atom. The number of ether oxygens (including phenoxy) is 1. The molecule has 0 radical (unpaired) electrons. The zero-order valence-electron chi connectivity index (χ0n) is 11.4. The van der Waals surface area contributed by atoms with Crippen LogP contribution in [0.5, 0.6) is 0 Å². The fraction of sp³-hybridized carbons (Fsp3) is 0.133. The Labute approximate surface area is 130 Å². The van der Waals surface area contributed by atoms with Crippen molar-refractivity contribution in [2.45, 2.75) is 6.42 Å². The molecule has 0 saturated heterocycles. The molecule has 7 heteroatoms. The highest BCUT2D eigenvalue weighted by Crippen LogP contribution is 2.15. The highest BCUT2D eigenvalue weighted by molar-refractivity contribution is 6.30. The molecule has 114 valence electrons. The van der Waals surface area contributed by atoms with Crippen LogP contribution in [0.1, 0.15) is 15.9 Å². The van der Waals surface area contributed by atoms with Crippen molar-refractivity contribution in [2.24, 2.45) is 0 Å². The van der Waals surface area contributed by atoms with Gasteiger partial charge in [0.15, 0.2) is 12.4 Å². The maximum absolute atomic E-state index is 13.6. The van der Waals surface area contributed by atoms with Crippen LogP contribution in [0.4, 0.5) is 10.2 Å². The Bertz CT molecular complexity index is 722. The summed E-state index contributed by atoms with van der Waals surface area (Å²) in [4.78, 5) is 27.2. The number of esters is 1. The molecule has 0 aliphatic heterocycles. The fourth-order valence-electron chi connectivity index (χ4n) is 1.74. The van der Waals surface area contributed by atoms with Crippen molar-refractivity contribution in [3.8, 4) is 0 Å². The first-order valence-electron chi connectivity index (χ1n) is 6.30. The maximum atomic E-state index is 13.6. The maximum Gasteiger partial charge on any atom is 0.342 e. The normalized spacial score (nSPS) is 10.3. The number of ketones is 1. The van der Waals surface area contributed by atoms with E-state index >= 15 is 0 Å². The second-order valence-corrected chi connectivity index (χ2v) is 4.90. The molecule has 0 amide bonds. The van der Waals surface area contributed by atoms with E-state index in [4.69, 9.17) is 22.1 Å². The minimum atomic E-state index is -0.754. The van der Waals surface area contributed by atoms with Gasteiger partial charge in [0.1, 0.15) is 17.2 Å². The number of anilines is 1. The number of carbonyl (C=O) groups excluding carboxylic acids is 2. The molecule has 0 aliphatic carbocycles. The number of aromatic nitrogens is 1. The van der Waals surface area contributed by atoms with E-state index < -0.39 is 24.2 Å². The van der Waals surface area contributed by atoms with Crippen LogP contribution in [0.3, 0.4) is 0 Å². The highest BCUT2D eigenvalue weighted by Gasteiger charge is 2.15. The van der Waals surface area contributed by atoms with E-state index in [1.54, 1.807) is 0 Å². The lowest BCUT2D eigenvalue weighted by Crippen LogP contribution is -2.17. The summed E-state index contributed by atoms with van der Waals surface area (Å²) in [5, 5.41) is 0.243. The Kier molecular flexibility index (Phi) is 5.06. The molecule has 0 fully saturated rings. The standard InChI is InChI=1S/C15H12ClFN2O3/c16-10-4-3-9(13(17)7-10)6-11(20)8-22-15(21)12-2-1-5-19-14(12)18/h1-5,7H,6,8H2,(H2,18,19). The van der Waals surface area contributed by atoms with Gasteiger partial charge >= 0.3 is 5.97 Å². The Hall–Kier alpha value is -2.47. The van der Waals surface area contributed by atoms with Crippen molar-refractivity contribution in [3.63, 3.8) is 0 Å². The van der Waals surface area contributed by atoms with Gasteiger partial charge in [-0.2, -0.15) is 0 Å². The molecule has 22 heavy (non-hydrogen) atoms. The zero-order valence-corrected chi connectivity index (χ0v) is 12.1. The Balaban J connectivity index is 1.93. The highest BCUT2D eigenvalue weighted by atomic mass is 35.5. The van der Waals surface area contributed by atoms with Gasteiger partial charge in [0, 0.05) is 17.6 Å². The third-order valence-corrected chi connectivity index (χ3v) is 3.06. The summed E-state index contributed by atoms with van der Waals surface area (Å²) in [5.74, 6) is -1.76. The van der Waals surface area contributed by atoms with Crippen LogP contribution in [0, 0.1) is 5.82 Å². The molecule has 1 heterocycles. The van der Waals surface area contributed by atoms with Gasteiger partial charge in [-0.1, -0.05) is 17.7 Å². The minimum Gasteiger partial charge on any atom is -0.454 e. The van der Waals surface area contributed by atoms with E-state index in [1.165, 1.54) is 30.5 Å². The second-order valence-electron chi connectivity index (χ2n) is 4.46. The van der Waals surface area contributed by atoms with Crippen LogP contribution >= 0.6 is 11.6 Å². The van der Waals surface area contributed by atoms with Gasteiger partial charge in [0.25, 0.3) is 0 Å². The molecule has 2 aromatic rings. The quantitative estimate of drug-likeness (QED) is 0.855. The summed E-state index contributed by atoms with van der Waals surface area (Å²) in [7, 11) is 0. The van der Waals surface area contributed by atoms with Crippen LogP contribution in [0.15, 0.2) is 36.5 Å². The molecule has 0 bridgehead atoms. The molecular weight excluding hydrogens is 311 g/mol. The predicted molar refractivity (Wildman–Crippen MR) is 79.1 cm³/mol. The molecule has 0 spiro atoms. The number of nitrogen functional groups attached to an aromatic ring is 1. The van der Waals surface area contributed by atoms with Crippen molar-refractivity contribution in [1.82, 2.24) is 4.98 Å².